The number of hydrogen-bond donors (Lipinski definition) is 0. The highest BCUT2D eigenvalue weighted by Crippen LogP contribution is 2.19. The van der Waals surface area contributed by atoms with Crippen LogP contribution in [0.15, 0.2) is 4.99 Å². The first-order valence-corrected chi connectivity index (χ1v) is 3.49. The molecule has 2 nitrogen and oxygen atoms in total. The van der Waals surface area contributed by atoms with Gasteiger partial charge in [-0.05, 0) is 25.7 Å². The normalized spacial score (nSPS) is 21.4. The third-order valence-electron chi connectivity index (χ3n) is 1.66. The molecule has 1 saturated carbocycles. The van der Waals surface area contributed by atoms with Crippen molar-refractivity contribution in [3.05, 3.63) is 0 Å². The minimum Gasteiger partial charge on any atom is -0.480 e. The van der Waals surface area contributed by atoms with Crippen molar-refractivity contribution in [3.8, 4) is 0 Å². The van der Waals surface area contributed by atoms with Crippen molar-refractivity contribution in [3.63, 3.8) is 0 Å². The second-order valence-corrected chi connectivity index (χ2v) is 2.41. The highest BCUT2D eigenvalue weighted by Gasteiger charge is 2.14. The molecule has 52 valence electrons. The minimum atomic E-state index is 0.466. The fraction of sp³-hybridized carbons (Fsp3) is 0.857. The first-order chi connectivity index (χ1) is 4.43. The van der Waals surface area contributed by atoms with E-state index in [4.69, 9.17) is 4.74 Å². The van der Waals surface area contributed by atoms with Gasteiger partial charge in [-0.3, -0.25) is 4.99 Å². The van der Waals surface area contributed by atoms with E-state index in [1.54, 1.807) is 13.4 Å². The number of nitrogens with zero attached hydrogens (tertiary/aromatic N) is 1. The van der Waals surface area contributed by atoms with Crippen LogP contribution < -0.4 is 0 Å². The van der Waals surface area contributed by atoms with Gasteiger partial charge >= 0.3 is 0 Å². The van der Waals surface area contributed by atoms with Crippen LogP contribution in [-0.4, -0.2) is 19.6 Å². The molecule has 0 aliphatic heterocycles. The van der Waals surface area contributed by atoms with Crippen LogP contribution in [-0.2, 0) is 4.74 Å². The second-order valence-electron chi connectivity index (χ2n) is 2.41. The van der Waals surface area contributed by atoms with Crippen LogP contribution in [0.2, 0.25) is 0 Å². The molecule has 1 aliphatic carbocycles. The third-order valence-corrected chi connectivity index (χ3v) is 1.66. The van der Waals surface area contributed by atoms with Gasteiger partial charge in [0.15, 0.2) is 6.40 Å². The van der Waals surface area contributed by atoms with Crippen LogP contribution in [0, 0.1) is 0 Å². The van der Waals surface area contributed by atoms with Crippen LogP contribution in [0.4, 0.5) is 0 Å². The molecule has 0 unspecified atom stereocenters. The van der Waals surface area contributed by atoms with Crippen LogP contribution in [0.5, 0.6) is 0 Å². The highest BCUT2D eigenvalue weighted by atomic mass is 16.5. The Hall–Kier alpha value is -0.530. The van der Waals surface area contributed by atoms with E-state index in [9.17, 15) is 0 Å². The molecule has 0 heterocycles. The zero-order valence-electron chi connectivity index (χ0n) is 5.84. The predicted octanol–water partition coefficient (Wildman–Crippen LogP) is 1.60. The fourth-order valence-electron chi connectivity index (χ4n) is 1.17. The molecule has 0 aromatic heterocycles. The van der Waals surface area contributed by atoms with Crippen LogP contribution >= 0.6 is 0 Å². The standard InChI is InChI=1S/C7H13NO/c1-8-6-9-7-4-2-3-5-7/h6-7H,2-5H2,1H3. The van der Waals surface area contributed by atoms with E-state index in [2.05, 4.69) is 4.99 Å². The maximum atomic E-state index is 5.26. The fourth-order valence-corrected chi connectivity index (χ4v) is 1.17. The Labute approximate surface area is 55.9 Å². The first-order valence-electron chi connectivity index (χ1n) is 3.49. The number of hydrogen-bond acceptors (Lipinski definition) is 2. The van der Waals surface area contributed by atoms with Crippen molar-refractivity contribution in [1.82, 2.24) is 0 Å². The van der Waals surface area contributed by atoms with Gasteiger partial charge in [0.05, 0.1) is 6.10 Å². The van der Waals surface area contributed by atoms with Gasteiger partial charge in [-0.15, -0.1) is 0 Å². The molecule has 0 aromatic rings. The Kier molecular flexibility index (Phi) is 2.55. The molecular weight excluding hydrogens is 114 g/mol. The van der Waals surface area contributed by atoms with E-state index < -0.39 is 0 Å². The average Bonchev–Trinajstić information content (AvgIpc) is 2.34. The number of ether oxygens (including phenoxy) is 1. The Bertz CT molecular complexity index is 95.1. The Morgan fingerprint density at radius 3 is 2.67 bits per heavy atom. The largest absolute Gasteiger partial charge is 0.480 e. The van der Waals surface area contributed by atoms with Crippen LogP contribution in [0.3, 0.4) is 0 Å². The van der Waals surface area contributed by atoms with E-state index in [0.29, 0.717) is 6.10 Å². The van der Waals surface area contributed by atoms with Crippen molar-refractivity contribution >= 4 is 6.40 Å². The zero-order valence-corrected chi connectivity index (χ0v) is 5.84. The molecule has 0 N–H and O–H groups in total. The van der Waals surface area contributed by atoms with Crippen molar-refractivity contribution in [2.24, 2.45) is 4.99 Å². The van der Waals surface area contributed by atoms with E-state index in [0.717, 1.165) is 0 Å². The maximum Gasteiger partial charge on any atom is 0.169 e. The Balaban J connectivity index is 2.11. The summed E-state index contributed by atoms with van der Waals surface area (Å²) < 4.78 is 5.26. The smallest absolute Gasteiger partial charge is 0.169 e. The molecule has 0 atom stereocenters. The van der Waals surface area contributed by atoms with Gasteiger partial charge in [0.1, 0.15) is 0 Å². The summed E-state index contributed by atoms with van der Waals surface area (Å²) >= 11 is 0. The average molecular weight is 127 g/mol. The lowest BCUT2D eigenvalue weighted by atomic mass is 10.3. The minimum absolute atomic E-state index is 0.466. The van der Waals surface area contributed by atoms with E-state index in [-0.39, 0.29) is 0 Å². The van der Waals surface area contributed by atoms with Gasteiger partial charge in [0, 0.05) is 7.05 Å². The summed E-state index contributed by atoms with van der Waals surface area (Å²) in [5, 5.41) is 0. The summed E-state index contributed by atoms with van der Waals surface area (Å²) in [5.41, 5.74) is 0. The number of aliphatic imine (C=N–C) groups is 1. The van der Waals surface area contributed by atoms with Gasteiger partial charge < -0.3 is 4.74 Å². The Morgan fingerprint density at radius 2 is 2.11 bits per heavy atom. The molecule has 1 fully saturated rings. The van der Waals surface area contributed by atoms with Crippen LogP contribution in [0.25, 0.3) is 0 Å². The van der Waals surface area contributed by atoms with Crippen LogP contribution in [0.1, 0.15) is 25.7 Å². The molecule has 0 amide bonds. The molecule has 0 aromatic carbocycles. The maximum absolute atomic E-state index is 5.26. The molecule has 0 spiro atoms. The third kappa shape index (κ3) is 2.04. The lowest BCUT2D eigenvalue weighted by Crippen LogP contribution is -2.04. The monoisotopic (exact) mass is 127 g/mol. The van der Waals surface area contributed by atoms with Crippen molar-refractivity contribution in [2.45, 2.75) is 31.8 Å². The van der Waals surface area contributed by atoms with Crippen molar-refractivity contribution < 1.29 is 4.74 Å². The quantitative estimate of drug-likeness (QED) is 0.408. The second kappa shape index (κ2) is 3.49. The van der Waals surface area contributed by atoms with E-state index in [1.165, 1.54) is 25.7 Å². The molecule has 2 heteroatoms. The van der Waals surface area contributed by atoms with Crippen molar-refractivity contribution in [2.75, 3.05) is 7.05 Å². The summed E-state index contributed by atoms with van der Waals surface area (Å²) in [7, 11) is 1.73. The number of rotatable bonds is 2. The van der Waals surface area contributed by atoms with Gasteiger partial charge in [-0.2, -0.15) is 0 Å². The summed E-state index contributed by atoms with van der Waals surface area (Å²) in [6, 6.07) is 0. The Morgan fingerprint density at radius 1 is 1.44 bits per heavy atom. The zero-order chi connectivity index (χ0) is 6.53. The summed E-state index contributed by atoms with van der Waals surface area (Å²) in [5.74, 6) is 0. The lowest BCUT2D eigenvalue weighted by Gasteiger charge is -2.05. The van der Waals surface area contributed by atoms with Gasteiger partial charge in [0.25, 0.3) is 0 Å². The lowest BCUT2D eigenvalue weighted by molar-refractivity contribution is 0.207. The molecule has 0 saturated heterocycles. The molecule has 0 bridgehead atoms. The van der Waals surface area contributed by atoms with E-state index >= 15 is 0 Å². The summed E-state index contributed by atoms with van der Waals surface area (Å²) in [4.78, 5) is 3.75. The van der Waals surface area contributed by atoms with Crippen molar-refractivity contribution in [1.29, 1.82) is 0 Å². The molecular formula is C7H13NO. The molecule has 1 rings (SSSR count). The SMILES string of the molecule is CN=COC1CCCC1. The summed E-state index contributed by atoms with van der Waals surface area (Å²) in [6.45, 7) is 0. The molecule has 1 aliphatic rings. The van der Waals surface area contributed by atoms with E-state index in [1.807, 2.05) is 0 Å². The van der Waals surface area contributed by atoms with Gasteiger partial charge in [0.2, 0.25) is 0 Å². The molecule has 0 radical (unpaired) electrons. The van der Waals surface area contributed by atoms with Gasteiger partial charge in [-0.25, -0.2) is 0 Å². The molecule has 9 heavy (non-hydrogen) atoms. The summed E-state index contributed by atoms with van der Waals surface area (Å²) in [6.07, 6.45) is 7.09. The topological polar surface area (TPSA) is 21.6 Å². The predicted molar refractivity (Wildman–Crippen MR) is 37.8 cm³/mol. The highest BCUT2D eigenvalue weighted by molar-refractivity contribution is 5.46. The first kappa shape index (κ1) is 6.59. The van der Waals surface area contributed by atoms with Gasteiger partial charge in [-0.1, -0.05) is 0 Å².